The van der Waals surface area contributed by atoms with Gasteiger partial charge in [-0.3, -0.25) is 0 Å². The fraction of sp³-hybridized carbons (Fsp3) is 0.650. The zero-order valence-electron chi connectivity index (χ0n) is 16.5. The number of hydrogen-bond acceptors (Lipinski definition) is 4. The molecule has 1 aromatic rings. The summed E-state index contributed by atoms with van der Waals surface area (Å²) in [6.07, 6.45) is 0.212. The molecule has 144 valence electrons. The molecule has 0 aliphatic heterocycles. The molecular weight excluding hydrogens is 338 g/mol. The Morgan fingerprint density at radius 3 is 2.00 bits per heavy atom. The van der Waals surface area contributed by atoms with E-state index in [1.54, 1.807) is 0 Å². The van der Waals surface area contributed by atoms with E-state index in [1.807, 2.05) is 18.2 Å². The highest BCUT2D eigenvalue weighted by Crippen LogP contribution is 2.34. The maximum Gasteiger partial charge on any atom is 0.513 e. The molecule has 0 aliphatic rings. The number of nitrogens with zero attached hydrogens (tertiary/aromatic N) is 1. The van der Waals surface area contributed by atoms with Gasteiger partial charge in [0.25, 0.3) is 0 Å². The van der Waals surface area contributed by atoms with Crippen molar-refractivity contribution in [2.45, 2.75) is 59.8 Å². The second-order valence-corrected chi connectivity index (χ2v) is 6.66. The highest BCUT2D eigenvalue weighted by Gasteiger charge is 2.18. The highest BCUT2D eigenvalue weighted by atomic mass is 35.5. The minimum atomic E-state index is -0.607. The second-order valence-electron chi connectivity index (χ2n) is 6.66. The van der Waals surface area contributed by atoms with Gasteiger partial charge in [0, 0.05) is 6.54 Å². The van der Waals surface area contributed by atoms with Gasteiger partial charge in [-0.05, 0) is 42.5 Å². The van der Waals surface area contributed by atoms with Crippen molar-refractivity contribution < 1.29 is 14.3 Å². The summed E-state index contributed by atoms with van der Waals surface area (Å²) in [7, 11) is 0. The molecule has 0 heterocycles. The molecule has 0 radical (unpaired) electrons. The number of halogens is 1. The van der Waals surface area contributed by atoms with Crippen molar-refractivity contribution in [2.75, 3.05) is 26.2 Å². The van der Waals surface area contributed by atoms with Gasteiger partial charge in [0.15, 0.2) is 0 Å². The SMILES string of the molecule is CCN(CC)CCCOC(=O)Oc1c(C(C)C)cccc1C(C)C.Cl. The van der Waals surface area contributed by atoms with Crippen molar-refractivity contribution in [1.29, 1.82) is 0 Å². The topological polar surface area (TPSA) is 38.8 Å². The maximum absolute atomic E-state index is 12.1. The molecule has 0 amide bonds. The number of carbonyl (C=O) groups excluding carboxylic acids is 1. The molecule has 0 bridgehead atoms. The quantitative estimate of drug-likeness (QED) is 0.321. The molecule has 0 N–H and O–H groups in total. The number of para-hydroxylation sites is 1. The zero-order valence-corrected chi connectivity index (χ0v) is 17.3. The van der Waals surface area contributed by atoms with Crippen LogP contribution in [0, 0.1) is 0 Å². The minimum absolute atomic E-state index is 0. The standard InChI is InChI=1S/C20H33NO3.ClH/c1-7-21(8-2)13-10-14-23-20(22)24-19-17(15(3)4)11-9-12-18(19)16(5)6;/h9,11-12,15-16H,7-8,10,13-14H2,1-6H3;1H. The van der Waals surface area contributed by atoms with Gasteiger partial charge in [0.05, 0.1) is 6.61 Å². The van der Waals surface area contributed by atoms with E-state index in [0.29, 0.717) is 12.4 Å². The van der Waals surface area contributed by atoms with Crippen molar-refractivity contribution in [3.8, 4) is 5.75 Å². The van der Waals surface area contributed by atoms with Crippen LogP contribution < -0.4 is 4.74 Å². The fourth-order valence-corrected chi connectivity index (χ4v) is 2.70. The van der Waals surface area contributed by atoms with Gasteiger partial charge in [-0.15, -0.1) is 12.4 Å². The molecule has 1 rings (SSSR count). The molecule has 0 saturated carbocycles. The van der Waals surface area contributed by atoms with E-state index < -0.39 is 6.16 Å². The summed E-state index contributed by atoms with van der Waals surface area (Å²) >= 11 is 0. The van der Waals surface area contributed by atoms with Gasteiger partial charge in [-0.1, -0.05) is 59.7 Å². The molecular formula is C20H34ClNO3. The van der Waals surface area contributed by atoms with Crippen LogP contribution in [0.25, 0.3) is 0 Å². The lowest BCUT2D eigenvalue weighted by molar-refractivity contribution is 0.0938. The molecule has 0 fully saturated rings. The van der Waals surface area contributed by atoms with Crippen molar-refractivity contribution in [1.82, 2.24) is 4.90 Å². The first-order chi connectivity index (χ1) is 11.4. The fourth-order valence-electron chi connectivity index (χ4n) is 2.70. The Hall–Kier alpha value is -1.26. The third kappa shape index (κ3) is 7.66. The number of carbonyl (C=O) groups is 1. The van der Waals surface area contributed by atoms with E-state index in [1.165, 1.54) is 0 Å². The van der Waals surface area contributed by atoms with E-state index in [-0.39, 0.29) is 24.2 Å². The molecule has 0 spiro atoms. The number of rotatable bonds is 9. The molecule has 0 atom stereocenters. The Morgan fingerprint density at radius 2 is 1.56 bits per heavy atom. The van der Waals surface area contributed by atoms with Crippen LogP contribution in [0.2, 0.25) is 0 Å². The first kappa shape index (κ1) is 23.7. The molecule has 0 aliphatic carbocycles. The molecule has 4 nitrogen and oxygen atoms in total. The van der Waals surface area contributed by atoms with Gasteiger partial charge >= 0.3 is 6.16 Å². The molecule has 0 unspecified atom stereocenters. The average Bonchev–Trinajstić information content (AvgIpc) is 2.54. The maximum atomic E-state index is 12.1. The summed E-state index contributed by atoms with van der Waals surface area (Å²) in [6, 6.07) is 6.05. The molecule has 0 aromatic heterocycles. The molecule has 25 heavy (non-hydrogen) atoms. The first-order valence-corrected chi connectivity index (χ1v) is 9.10. The van der Waals surface area contributed by atoms with E-state index >= 15 is 0 Å². The van der Waals surface area contributed by atoms with Crippen LogP contribution in [0.4, 0.5) is 4.79 Å². The van der Waals surface area contributed by atoms with Gasteiger partial charge in [0.2, 0.25) is 0 Å². The second kappa shape index (κ2) is 12.2. The van der Waals surface area contributed by atoms with Gasteiger partial charge in [-0.25, -0.2) is 4.79 Å². The lowest BCUT2D eigenvalue weighted by atomic mass is 9.94. The summed E-state index contributed by atoms with van der Waals surface area (Å²) < 4.78 is 10.9. The first-order valence-electron chi connectivity index (χ1n) is 9.10. The molecule has 0 saturated heterocycles. The van der Waals surface area contributed by atoms with Crippen molar-refractivity contribution in [2.24, 2.45) is 0 Å². The van der Waals surface area contributed by atoms with Crippen molar-refractivity contribution in [3.05, 3.63) is 29.3 Å². The highest BCUT2D eigenvalue weighted by molar-refractivity contribution is 5.85. The summed E-state index contributed by atoms with van der Waals surface area (Å²) in [5, 5.41) is 0. The number of hydrogen-bond donors (Lipinski definition) is 0. The van der Waals surface area contributed by atoms with Crippen LogP contribution >= 0.6 is 12.4 Å². The Morgan fingerprint density at radius 1 is 1.04 bits per heavy atom. The lowest BCUT2D eigenvalue weighted by Crippen LogP contribution is -2.25. The molecule has 1 aromatic carbocycles. The van der Waals surface area contributed by atoms with E-state index in [9.17, 15) is 4.79 Å². The van der Waals surface area contributed by atoms with Crippen molar-refractivity contribution >= 4 is 18.6 Å². The zero-order chi connectivity index (χ0) is 18.1. The third-order valence-corrected chi connectivity index (χ3v) is 4.24. The van der Waals surface area contributed by atoms with Crippen LogP contribution in [0.3, 0.4) is 0 Å². The van der Waals surface area contributed by atoms with Crippen LogP contribution in [-0.4, -0.2) is 37.3 Å². The van der Waals surface area contributed by atoms with Crippen LogP contribution in [-0.2, 0) is 4.74 Å². The predicted octanol–water partition coefficient (Wildman–Crippen LogP) is 5.60. The summed E-state index contributed by atoms with van der Waals surface area (Å²) in [4.78, 5) is 14.4. The number of benzene rings is 1. The smallest absolute Gasteiger partial charge is 0.434 e. The largest absolute Gasteiger partial charge is 0.513 e. The van der Waals surface area contributed by atoms with Crippen LogP contribution in [0.5, 0.6) is 5.75 Å². The Labute approximate surface area is 159 Å². The molecule has 5 heteroatoms. The van der Waals surface area contributed by atoms with Gasteiger partial charge in [0.1, 0.15) is 5.75 Å². The van der Waals surface area contributed by atoms with Gasteiger partial charge in [-0.2, -0.15) is 0 Å². The lowest BCUT2D eigenvalue weighted by Gasteiger charge is -2.19. The van der Waals surface area contributed by atoms with E-state index in [4.69, 9.17) is 9.47 Å². The van der Waals surface area contributed by atoms with E-state index in [2.05, 4.69) is 46.4 Å². The summed E-state index contributed by atoms with van der Waals surface area (Å²) in [5.41, 5.74) is 2.09. The average molecular weight is 372 g/mol. The van der Waals surface area contributed by atoms with Crippen molar-refractivity contribution in [3.63, 3.8) is 0 Å². The van der Waals surface area contributed by atoms with Gasteiger partial charge < -0.3 is 14.4 Å². The monoisotopic (exact) mass is 371 g/mol. The van der Waals surface area contributed by atoms with Crippen LogP contribution in [0.1, 0.15) is 70.9 Å². The number of ether oxygens (including phenoxy) is 2. The Kier molecular flexibility index (Phi) is 11.5. The predicted molar refractivity (Wildman–Crippen MR) is 106 cm³/mol. The summed E-state index contributed by atoms with van der Waals surface area (Å²) in [5.74, 6) is 1.24. The Bertz CT molecular complexity index is 487. The minimum Gasteiger partial charge on any atom is -0.434 e. The summed E-state index contributed by atoms with van der Waals surface area (Å²) in [6.45, 7) is 16.0. The van der Waals surface area contributed by atoms with E-state index in [0.717, 1.165) is 37.2 Å². The Balaban J connectivity index is 0.00000576. The normalized spacial score (nSPS) is 10.9. The third-order valence-electron chi connectivity index (χ3n) is 4.24. The van der Waals surface area contributed by atoms with Crippen LogP contribution in [0.15, 0.2) is 18.2 Å².